The SMILES string of the molecule is Nc1cccc(Cl)c1-c1nnnn1CCCC1CC1. The van der Waals surface area contributed by atoms with E-state index in [1.54, 1.807) is 10.7 Å². The zero-order valence-corrected chi connectivity index (χ0v) is 11.3. The van der Waals surface area contributed by atoms with Crippen molar-refractivity contribution in [2.45, 2.75) is 32.2 Å². The van der Waals surface area contributed by atoms with Gasteiger partial charge in [0.2, 0.25) is 0 Å². The third-order valence-corrected chi connectivity index (χ3v) is 3.80. The largest absolute Gasteiger partial charge is 0.398 e. The minimum absolute atomic E-state index is 0.582. The first-order chi connectivity index (χ1) is 9.25. The van der Waals surface area contributed by atoms with Crippen LogP contribution in [0.4, 0.5) is 5.69 Å². The molecule has 1 aliphatic rings. The van der Waals surface area contributed by atoms with Crippen LogP contribution in [-0.4, -0.2) is 20.2 Å². The number of rotatable bonds is 5. The van der Waals surface area contributed by atoms with Crippen LogP contribution in [0.5, 0.6) is 0 Å². The molecule has 1 aromatic carbocycles. The second kappa shape index (κ2) is 5.17. The minimum Gasteiger partial charge on any atom is -0.398 e. The van der Waals surface area contributed by atoms with Gasteiger partial charge in [0.15, 0.2) is 5.82 Å². The summed E-state index contributed by atoms with van der Waals surface area (Å²) in [6, 6.07) is 5.43. The molecule has 5 nitrogen and oxygen atoms in total. The van der Waals surface area contributed by atoms with Gasteiger partial charge in [-0.2, -0.15) is 0 Å². The van der Waals surface area contributed by atoms with E-state index in [0.717, 1.165) is 24.4 Å². The van der Waals surface area contributed by atoms with Crippen LogP contribution < -0.4 is 5.73 Å². The molecule has 0 spiro atoms. The van der Waals surface area contributed by atoms with Crippen molar-refractivity contribution >= 4 is 17.3 Å². The number of benzene rings is 1. The summed E-state index contributed by atoms with van der Waals surface area (Å²) in [6.45, 7) is 0.809. The molecular weight excluding hydrogens is 262 g/mol. The molecule has 0 saturated heterocycles. The second-order valence-electron chi connectivity index (χ2n) is 5.02. The number of anilines is 1. The number of nitrogens with two attached hydrogens (primary N) is 1. The number of hydrogen-bond acceptors (Lipinski definition) is 4. The van der Waals surface area contributed by atoms with E-state index in [0.29, 0.717) is 16.5 Å². The molecule has 6 heteroatoms. The van der Waals surface area contributed by atoms with Crippen molar-refractivity contribution in [3.63, 3.8) is 0 Å². The molecular formula is C13H16ClN5. The van der Waals surface area contributed by atoms with Gasteiger partial charge in [0, 0.05) is 12.2 Å². The normalized spacial score (nSPS) is 14.8. The molecule has 2 N–H and O–H groups in total. The predicted molar refractivity (Wildman–Crippen MR) is 74.6 cm³/mol. The van der Waals surface area contributed by atoms with Gasteiger partial charge in [-0.05, 0) is 41.3 Å². The van der Waals surface area contributed by atoms with Crippen molar-refractivity contribution in [2.24, 2.45) is 5.92 Å². The number of nitrogen functional groups attached to an aromatic ring is 1. The smallest absolute Gasteiger partial charge is 0.185 e. The standard InChI is InChI=1S/C13H16ClN5/c14-10-4-1-5-11(15)12(10)13-16-17-18-19(13)8-2-3-9-6-7-9/h1,4-5,9H,2-3,6-8,15H2. The van der Waals surface area contributed by atoms with Gasteiger partial charge >= 0.3 is 0 Å². The van der Waals surface area contributed by atoms with Gasteiger partial charge in [-0.1, -0.05) is 30.5 Å². The zero-order chi connectivity index (χ0) is 13.2. The van der Waals surface area contributed by atoms with E-state index in [2.05, 4.69) is 15.5 Å². The molecule has 2 aromatic rings. The third-order valence-electron chi connectivity index (χ3n) is 3.48. The topological polar surface area (TPSA) is 69.6 Å². The molecule has 1 saturated carbocycles. The van der Waals surface area contributed by atoms with Gasteiger partial charge in [-0.25, -0.2) is 4.68 Å². The van der Waals surface area contributed by atoms with Crippen molar-refractivity contribution in [1.82, 2.24) is 20.2 Å². The van der Waals surface area contributed by atoms with Crippen molar-refractivity contribution in [1.29, 1.82) is 0 Å². The quantitative estimate of drug-likeness (QED) is 0.853. The molecule has 19 heavy (non-hydrogen) atoms. The van der Waals surface area contributed by atoms with Crippen molar-refractivity contribution in [3.05, 3.63) is 23.2 Å². The molecule has 0 unspecified atom stereocenters. The number of aryl methyl sites for hydroxylation is 1. The number of halogens is 1. The van der Waals surface area contributed by atoms with Gasteiger partial charge < -0.3 is 5.73 Å². The number of nitrogens with zero attached hydrogens (tertiary/aromatic N) is 4. The lowest BCUT2D eigenvalue weighted by Crippen LogP contribution is -2.05. The summed E-state index contributed by atoms with van der Waals surface area (Å²) in [5.74, 6) is 1.57. The highest BCUT2D eigenvalue weighted by atomic mass is 35.5. The van der Waals surface area contributed by atoms with Crippen LogP contribution in [0.1, 0.15) is 25.7 Å². The Bertz CT molecular complexity index is 556. The second-order valence-corrected chi connectivity index (χ2v) is 5.42. The van der Waals surface area contributed by atoms with E-state index in [9.17, 15) is 0 Å². The van der Waals surface area contributed by atoms with Gasteiger partial charge in [-0.15, -0.1) is 5.10 Å². The van der Waals surface area contributed by atoms with Crippen molar-refractivity contribution in [3.8, 4) is 11.4 Å². The van der Waals surface area contributed by atoms with E-state index in [4.69, 9.17) is 17.3 Å². The maximum atomic E-state index is 6.20. The Hall–Kier alpha value is -1.62. The average molecular weight is 278 g/mol. The Balaban J connectivity index is 1.82. The Morgan fingerprint density at radius 3 is 2.95 bits per heavy atom. The summed E-state index contributed by atoms with van der Waals surface area (Å²) in [5, 5.41) is 12.4. The summed E-state index contributed by atoms with van der Waals surface area (Å²) in [4.78, 5) is 0. The van der Waals surface area contributed by atoms with E-state index in [1.807, 2.05) is 12.1 Å². The van der Waals surface area contributed by atoms with Gasteiger partial charge in [0.05, 0.1) is 10.6 Å². The van der Waals surface area contributed by atoms with Crippen molar-refractivity contribution in [2.75, 3.05) is 5.73 Å². The fourth-order valence-corrected chi connectivity index (χ4v) is 2.51. The molecule has 0 bridgehead atoms. The molecule has 1 heterocycles. The summed E-state index contributed by atoms with van der Waals surface area (Å²) < 4.78 is 1.79. The molecule has 100 valence electrons. The maximum absolute atomic E-state index is 6.20. The summed E-state index contributed by atoms with van der Waals surface area (Å²) >= 11 is 6.20. The molecule has 0 amide bonds. The molecule has 0 atom stereocenters. The van der Waals surface area contributed by atoms with Gasteiger partial charge in [0.1, 0.15) is 0 Å². The lowest BCUT2D eigenvalue weighted by molar-refractivity contribution is 0.527. The van der Waals surface area contributed by atoms with Crippen LogP contribution in [0.15, 0.2) is 18.2 Å². The fourth-order valence-electron chi connectivity index (χ4n) is 2.25. The fraction of sp³-hybridized carbons (Fsp3) is 0.462. The molecule has 0 radical (unpaired) electrons. The highest BCUT2D eigenvalue weighted by molar-refractivity contribution is 6.33. The minimum atomic E-state index is 0.582. The third kappa shape index (κ3) is 2.71. The number of tetrazole rings is 1. The average Bonchev–Trinajstić information content (AvgIpc) is 3.09. The summed E-state index contributed by atoms with van der Waals surface area (Å²) in [6.07, 6.45) is 5.09. The Morgan fingerprint density at radius 2 is 2.21 bits per heavy atom. The van der Waals surface area contributed by atoms with Crippen LogP contribution in [0, 0.1) is 5.92 Å². The molecule has 1 aromatic heterocycles. The molecule has 1 fully saturated rings. The monoisotopic (exact) mass is 277 g/mol. The number of aromatic nitrogens is 4. The lowest BCUT2D eigenvalue weighted by atomic mass is 10.1. The van der Waals surface area contributed by atoms with Gasteiger partial charge in [-0.3, -0.25) is 0 Å². The molecule has 1 aliphatic carbocycles. The maximum Gasteiger partial charge on any atom is 0.185 e. The first-order valence-corrected chi connectivity index (χ1v) is 6.94. The molecule has 0 aliphatic heterocycles. The zero-order valence-electron chi connectivity index (χ0n) is 10.6. The Kier molecular flexibility index (Phi) is 3.38. The van der Waals surface area contributed by atoms with E-state index >= 15 is 0 Å². The van der Waals surface area contributed by atoms with E-state index < -0.39 is 0 Å². The first kappa shape index (κ1) is 12.4. The lowest BCUT2D eigenvalue weighted by Gasteiger charge is -2.08. The van der Waals surface area contributed by atoms with Crippen LogP contribution in [0.25, 0.3) is 11.4 Å². The summed E-state index contributed by atoms with van der Waals surface area (Å²) in [7, 11) is 0. The molecule has 3 rings (SSSR count). The van der Waals surface area contributed by atoms with Crippen LogP contribution in [0.3, 0.4) is 0 Å². The Labute approximate surface area is 116 Å². The summed E-state index contributed by atoms with van der Waals surface area (Å²) in [5.41, 5.74) is 7.30. The Morgan fingerprint density at radius 1 is 1.37 bits per heavy atom. The van der Waals surface area contributed by atoms with Gasteiger partial charge in [0.25, 0.3) is 0 Å². The van der Waals surface area contributed by atoms with E-state index in [-0.39, 0.29) is 0 Å². The number of hydrogen-bond donors (Lipinski definition) is 1. The van der Waals surface area contributed by atoms with Crippen LogP contribution in [-0.2, 0) is 6.54 Å². The van der Waals surface area contributed by atoms with Crippen LogP contribution >= 0.6 is 11.6 Å². The predicted octanol–water partition coefficient (Wildman–Crippen LogP) is 2.77. The highest BCUT2D eigenvalue weighted by Crippen LogP contribution is 2.34. The highest BCUT2D eigenvalue weighted by Gasteiger charge is 2.21. The van der Waals surface area contributed by atoms with Crippen LogP contribution in [0.2, 0.25) is 5.02 Å². The van der Waals surface area contributed by atoms with Crippen molar-refractivity contribution < 1.29 is 0 Å². The van der Waals surface area contributed by atoms with E-state index in [1.165, 1.54) is 19.3 Å². The first-order valence-electron chi connectivity index (χ1n) is 6.56.